The molecule has 1 heteroatoms. The fourth-order valence-corrected chi connectivity index (χ4v) is 14.6. The molecule has 0 bridgehead atoms. The molecular weight excluding hydrogens is 855 g/mol. The SMILES string of the molecule is CC1(C)c2ccccc2-c2ccc(N(c3ccc4c(c3)C(C)(C)c3cc5c(c(-c6ccccc6)c3-4)-c3ccccc3C5(C)C)c3ccc4c(c3)C3(c5ccccc5-c5ccccc53)c3ccccc3-4)cc21. The zero-order valence-electron chi connectivity index (χ0n) is 41.2. The second kappa shape index (κ2) is 13.9. The van der Waals surface area contributed by atoms with Crippen LogP contribution in [0.2, 0.25) is 0 Å². The first-order valence-corrected chi connectivity index (χ1v) is 25.5. The summed E-state index contributed by atoms with van der Waals surface area (Å²) in [5, 5.41) is 0. The molecule has 0 aliphatic heterocycles. The van der Waals surface area contributed by atoms with Gasteiger partial charge in [-0.05, 0) is 159 Å². The molecule has 0 atom stereocenters. The third kappa shape index (κ3) is 5.06. The van der Waals surface area contributed by atoms with E-state index in [1.54, 1.807) is 0 Å². The van der Waals surface area contributed by atoms with Crippen LogP contribution in [0.15, 0.2) is 212 Å². The zero-order chi connectivity index (χ0) is 47.8. The monoisotopic (exact) mass is 907 g/mol. The second-order valence-electron chi connectivity index (χ2n) is 22.3. The molecule has 338 valence electrons. The zero-order valence-corrected chi connectivity index (χ0v) is 41.2. The van der Waals surface area contributed by atoms with Gasteiger partial charge in [0.2, 0.25) is 0 Å². The number of nitrogens with zero attached hydrogens (tertiary/aromatic N) is 1. The Morgan fingerprint density at radius 3 is 1.08 bits per heavy atom. The number of rotatable bonds is 4. The Kier molecular flexibility index (Phi) is 7.98. The number of fused-ring (bicyclic) bond motifs is 19. The van der Waals surface area contributed by atoms with Gasteiger partial charge in [0.15, 0.2) is 0 Å². The Balaban J connectivity index is 0.985. The molecule has 0 N–H and O–H groups in total. The lowest BCUT2D eigenvalue weighted by Crippen LogP contribution is -2.26. The molecule has 0 aromatic heterocycles. The molecule has 15 rings (SSSR count). The first kappa shape index (κ1) is 40.8. The number of anilines is 3. The van der Waals surface area contributed by atoms with E-state index in [9.17, 15) is 0 Å². The van der Waals surface area contributed by atoms with Gasteiger partial charge < -0.3 is 4.90 Å². The maximum Gasteiger partial charge on any atom is 0.0726 e. The molecule has 71 heavy (non-hydrogen) atoms. The summed E-state index contributed by atoms with van der Waals surface area (Å²) >= 11 is 0. The minimum Gasteiger partial charge on any atom is -0.310 e. The Hall–Kier alpha value is -8.00. The fraction of sp³-hybridized carbons (Fsp3) is 0.143. The van der Waals surface area contributed by atoms with Crippen LogP contribution in [0.4, 0.5) is 17.1 Å². The fourth-order valence-electron chi connectivity index (χ4n) is 14.6. The minimum atomic E-state index is -0.454. The van der Waals surface area contributed by atoms with E-state index in [2.05, 4.69) is 259 Å². The second-order valence-corrected chi connectivity index (χ2v) is 22.3. The summed E-state index contributed by atoms with van der Waals surface area (Å²) in [6.45, 7) is 14.6. The van der Waals surface area contributed by atoms with E-state index >= 15 is 0 Å². The third-order valence-electron chi connectivity index (χ3n) is 17.9. The summed E-state index contributed by atoms with van der Waals surface area (Å²) in [6.07, 6.45) is 0. The van der Waals surface area contributed by atoms with Gasteiger partial charge in [-0.15, -0.1) is 0 Å². The van der Waals surface area contributed by atoms with Crippen LogP contribution in [0.25, 0.3) is 66.8 Å². The van der Waals surface area contributed by atoms with Crippen molar-refractivity contribution in [2.24, 2.45) is 0 Å². The average molecular weight is 908 g/mol. The molecule has 1 spiro atoms. The van der Waals surface area contributed by atoms with Crippen molar-refractivity contribution in [2.45, 2.75) is 63.2 Å². The first-order chi connectivity index (χ1) is 34.5. The van der Waals surface area contributed by atoms with Crippen molar-refractivity contribution < 1.29 is 0 Å². The van der Waals surface area contributed by atoms with Crippen LogP contribution >= 0.6 is 0 Å². The Bertz CT molecular complexity index is 3910. The van der Waals surface area contributed by atoms with Crippen LogP contribution < -0.4 is 4.90 Å². The molecular formula is C70H53N. The van der Waals surface area contributed by atoms with Crippen molar-refractivity contribution in [2.75, 3.05) is 4.90 Å². The van der Waals surface area contributed by atoms with Crippen molar-refractivity contribution in [1.82, 2.24) is 0 Å². The van der Waals surface area contributed by atoms with Crippen molar-refractivity contribution in [3.8, 4) is 66.8 Å². The molecule has 5 aliphatic rings. The van der Waals surface area contributed by atoms with Gasteiger partial charge in [0.25, 0.3) is 0 Å². The smallest absolute Gasteiger partial charge is 0.0726 e. The molecule has 0 fully saturated rings. The highest BCUT2D eigenvalue weighted by Crippen LogP contribution is 2.65. The van der Waals surface area contributed by atoms with Crippen LogP contribution in [0.3, 0.4) is 0 Å². The summed E-state index contributed by atoms with van der Waals surface area (Å²) in [4.78, 5) is 2.57. The largest absolute Gasteiger partial charge is 0.310 e. The van der Waals surface area contributed by atoms with Gasteiger partial charge in [0.1, 0.15) is 0 Å². The van der Waals surface area contributed by atoms with Gasteiger partial charge in [-0.1, -0.05) is 217 Å². The van der Waals surface area contributed by atoms with Crippen LogP contribution in [-0.2, 0) is 21.7 Å². The van der Waals surface area contributed by atoms with Crippen LogP contribution in [0, 0.1) is 0 Å². The minimum absolute atomic E-state index is 0.136. The number of hydrogen-bond acceptors (Lipinski definition) is 1. The van der Waals surface area contributed by atoms with E-state index in [4.69, 9.17) is 0 Å². The van der Waals surface area contributed by atoms with Crippen molar-refractivity contribution >= 4 is 17.1 Å². The van der Waals surface area contributed by atoms with E-state index in [-0.39, 0.29) is 16.2 Å². The summed E-state index contributed by atoms with van der Waals surface area (Å²) in [5.41, 5.74) is 32.2. The number of benzene rings is 10. The highest BCUT2D eigenvalue weighted by Gasteiger charge is 2.52. The van der Waals surface area contributed by atoms with E-state index < -0.39 is 5.41 Å². The van der Waals surface area contributed by atoms with Crippen molar-refractivity contribution in [3.05, 3.63) is 268 Å². The highest BCUT2D eigenvalue weighted by molar-refractivity contribution is 6.05. The Morgan fingerprint density at radius 2 is 0.563 bits per heavy atom. The lowest BCUT2D eigenvalue weighted by Gasteiger charge is -2.33. The number of hydrogen-bond donors (Lipinski definition) is 0. The van der Waals surface area contributed by atoms with E-state index in [0.717, 1.165) is 17.1 Å². The van der Waals surface area contributed by atoms with Gasteiger partial charge in [-0.25, -0.2) is 0 Å². The lowest BCUT2D eigenvalue weighted by molar-refractivity contribution is 0.639. The Labute approximate surface area is 417 Å². The van der Waals surface area contributed by atoms with E-state index in [1.807, 2.05) is 0 Å². The van der Waals surface area contributed by atoms with Gasteiger partial charge in [0, 0.05) is 33.3 Å². The first-order valence-electron chi connectivity index (χ1n) is 25.5. The standard InChI is InChI=1S/C70H53N/c1-67(2)54-27-15-10-22-46(54)50-35-32-43(38-59(50)67)71(45-33-36-51-49-25-13-19-31-58(49)70(61(51)40-45)56-29-17-11-23-47(56)48-24-12-18-30-57(48)70)44-34-37-53-60(39-44)69(5,6)63-41-62-65(52-26-14-16-28-55(52)68(62,3)4)64(66(53)63)42-20-8-7-9-21-42/h7-41H,1-6H3. The van der Waals surface area contributed by atoms with Gasteiger partial charge >= 0.3 is 0 Å². The molecule has 0 amide bonds. The molecule has 1 nitrogen and oxygen atoms in total. The van der Waals surface area contributed by atoms with Crippen LogP contribution in [-0.4, -0.2) is 0 Å². The van der Waals surface area contributed by atoms with Crippen LogP contribution in [0.5, 0.6) is 0 Å². The maximum atomic E-state index is 2.59. The van der Waals surface area contributed by atoms with Gasteiger partial charge in [0.05, 0.1) is 5.41 Å². The van der Waals surface area contributed by atoms with E-state index in [0.29, 0.717) is 0 Å². The Morgan fingerprint density at radius 1 is 0.239 bits per heavy atom. The van der Waals surface area contributed by atoms with E-state index in [1.165, 1.54) is 122 Å². The molecule has 0 unspecified atom stereocenters. The molecule has 0 heterocycles. The molecule has 5 aliphatic carbocycles. The lowest BCUT2D eigenvalue weighted by atomic mass is 9.70. The quantitative estimate of drug-likeness (QED) is 0.170. The third-order valence-corrected chi connectivity index (χ3v) is 17.9. The average Bonchev–Trinajstić information content (AvgIpc) is 4.11. The van der Waals surface area contributed by atoms with Crippen molar-refractivity contribution in [1.29, 1.82) is 0 Å². The highest BCUT2D eigenvalue weighted by atomic mass is 15.1. The molecule has 0 radical (unpaired) electrons. The van der Waals surface area contributed by atoms with Crippen molar-refractivity contribution in [3.63, 3.8) is 0 Å². The predicted molar refractivity (Wildman–Crippen MR) is 296 cm³/mol. The van der Waals surface area contributed by atoms with Gasteiger partial charge in [-0.3, -0.25) is 0 Å². The summed E-state index contributed by atoms with van der Waals surface area (Å²) in [6, 6.07) is 81.3. The molecule has 10 aromatic rings. The summed E-state index contributed by atoms with van der Waals surface area (Å²) in [5.74, 6) is 0. The maximum absolute atomic E-state index is 2.59. The normalized spacial score (nSPS) is 16.2. The molecule has 0 saturated carbocycles. The van der Waals surface area contributed by atoms with Crippen LogP contribution in [0.1, 0.15) is 97.2 Å². The summed E-state index contributed by atoms with van der Waals surface area (Å²) in [7, 11) is 0. The summed E-state index contributed by atoms with van der Waals surface area (Å²) < 4.78 is 0. The topological polar surface area (TPSA) is 3.24 Å². The molecule has 10 aromatic carbocycles. The predicted octanol–water partition coefficient (Wildman–Crippen LogP) is 18.1. The molecule has 0 saturated heterocycles. The van der Waals surface area contributed by atoms with Gasteiger partial charge in [-0.2, -0.15) is 0 Å².